The molecule has 0 atom stereocenters. The zero-order valence-electron chi connectivity index (χ0n) is 11.5. The van der Waals surface area contributed by atoms with E-state index in [4.69, 9.17) is 5.11 Å². The van der Waals surface area contributed by atoms with Crippen LogP contribution in [0.25, 0.3) is 0 Å². The standard InChI is InChI=1S/C14H13FN2O3S/c1-3-17(10-7-5-4-6-9(10)15)14-16-11(13(19)20)12(21-14)8(2)18/h4-7H,3H2,1-2H3,(H,19,20). The molecule has 2 rings (SSSR count). The molecule has 0 saturated heterocycles. The van der Waals surface area contributed by atoms with E-state index in [0.717, 1.165) is 11.3 Å². The third kappa shape index (κ3) is 2.92. The van der Waals surface area contributed by atoms with E-state index in [0.29, 0.717) is 12.2 Å². The van der Waals surface area contributed by atoms with Gasteiger partial charge in [0.15, 0.2) is 16.6 Å². The van der Waals surface area contributed by atoms with Crippen LogP contribution in [0.3, 0.4) is 0 Å². The Balaban J connectivity index is 2.54. The third-order valence-corrected chi connectivity index (χ3v) is 4.01. The van der Waals surface area contributed by atoms with Crippen molar-refractivity contribution in [3.63, 3.8) is 0 Å². The first-order valence-corrected chi connectivity index (χ1v) is 7.04. The molecule has 2 aromatic rings. The molecule has 0 unspecified atom stereocenters. The summed E-state index contributed by atoms with van der Waals surface area (Å²) in [5.74, 6) is -2.08. The maximum Gasteiger partial charge on any atom is 0.356 e. The second-order valence-electron chi connectivity index (χ2n) is 4.23. The maximum absolute atomic E-state index is 13.9. The van der Waals surface area contributed by atoms with Gasteiger partial charge >= 0.3 is 5.97 Å². The summed E-state index contributed by atoms with van der Waals surface area (Å²) in [4.78, 5) is 28.2. The van der Waals surface area contributed by atoms with Crippen LogP contribution in [-0.2, 0) is 0 Å². The molecule has 0 fully saturated rings. The highest BCUT2D eigenvalue weighted by molar-refractivity contribution is 7.17. The molecule has 110 valence electrons. The molecule has 0 aliphatic heterocycles. The van der Waals surface area contributed by atoms with Gasteiger partial charge in [0, 0.05) is 13.5 Å². The zero-order chi connectivity index (χ0) is 15.6. The van der Waals surface area contributed by atoms with Crippen molar-refractivity contribution in [1.29, 1.82) is 0 Å². The summed E-state index contributed by atoms with van der Waals surface area (Å²) in [7, 11) is 0. The Bertz CT molecular complexity index is 668. The molecule has 0 amide bonds. The first kappa shape index (κ1) is 15.1. The fraction of sp³-hybridized carbons (Fsp3) is 0.214. The monoisotopic (exact) mass is 308 g/mol. The van der Waals surface area contributed by atoms with Gasteiger partial charge in [0.1, 0.15) is 10.7 Å². The summed E-state index contributed by atoms with van der Waals surface area (Å²) in [6.07, 6.45) is 0. The van der Waals surface area contributed by atoms with Crippen molar-refractivity contribution < 1.29 is 19.1 Å². The molecule has 1 aromatic carbocycles. The number of para-hydroxylation sites is 1. The number of hydrogen-bond donors (Lipinski definition) is 1. The molecule has 1 N–H and O–H groups in total. The predicted octanol–water partition coefficient (Wildman–Crippen LogP) is 3.34. The smallest absolute Gasteiger partial charge is 0.356 e. The molecule has 5 nitrogen and oxygen atoms in total. The van der Waals surface area contributed by atoms with Crippen molar-refractivity contribution in [3.8, 4) is 0 Å². The van der Waals surface area contributed by atoms with E-state index < -0.39 is 11.8 Å². The van der Waals surface area contributed by atoms with Gasteiger partial charge in [-0.15, -0.1) is 0 Å². The lowest BCUT2D eigenvalue weighted by Crippen LogP contribution is -2.17. The van der Waals surface area contributed by atoms with Crippen LogP contribution in [0.2, 0.25) is 0 Å². The Morgan fingerprint density at radius 2 is 2.05 bits per heavy atom. The normalized spacial score (nSPS) is 10.4. The van der Waals surface area contributed by atoms with Crippen LogP contribution in [0, 0.1) is 5.82 Å². The minimum Gasteiger partial charge on any atom is -0.476 e. The van der Waals surface area contributed by atoms with Crippen LogP contribution in [0.4, 0.5) is 15.2 Å². The number of halogens is 1. The van der Waals surface area contributed by atoms with Crippen molar-refractivity contribution in [2.75, 3.05) is 11.4 Å². The van der Waals surface area contributed by atoms with Gasteiger partial charge in [-0.05, 0) is 19.1 Å². The van der Waals surface area contributed by atoms with Crippen LogP contribution >= 0.6 is 11.3 Å². The lowest BCUT2D eigenvalue weighted by Gasteiger charge is -2.20. The lowest BCUT2D eigenvalue weighted by molar-refractivity contribution is 0.0687. The molecular weight excluding hydrogens is 295 g/mol. The SMILES string of the molecule is CCN(c1nc(C(=O)O)c(C(C)=O)s1)c1ccccc1F. The van der Waals surface area contributed by atoms with Crippen molar-refractivity contribution in [3.05, 3.63) is 40.7 Å². The minimum atomic E-state index is -1.27. The first-order chi connectivity index (χ1) is 9.95. The highest BCUT2D eigenvalue weighted by atomic mass is 32.1. The van der Waals surface area contributed by atoms with Crippen LogP contribution < -0.4 is 4.90 Å². The number of Topliss-reactive ketones (excluding diaryl/α,β-unsaturated/α-hetero) is 1. The van der Waals surface area contributed by atoms with Gasteiger partial charge in [-0.25, -0.2) is 14.2 Å². The highest BCUT2D eigenvalue weighted by Crippen LogP contribution is 2.33. The summed E-state index contributed by atoms with van der Waals surface area (Å²) < 4.78 is 13.9. The van der Waals surface area contributed by atoms with Crippen LogP contribution in [-0.4, -0.2) is 28.4 Å². The Hall–Kier alpha value is -2.28. The van der Waals surface area contributed by atoms with Gasteiger partial charge in [-0.1, -0.05) is 23.5 Å². The second kappa shape index (κ2) is 6.01. The summed E-state index contributed by atoms with van der Waals surface area (Å²) in [5, 5.41) is 9.39. The van der Waals surface area contributed by atoms with Gasteiger partial charge < -0.3 is 10.0 Å². The van der Waals surface area contributed by atoms with E-state index in [9.17, 15) is 14.0 Å². The molecular formula is C14H13FN2O3S. The maximum atomic E-state index is 13.9. The quantitative estimate of drug-likeness (QED) is 0.858. The average molecular weight is 308 g/mol. The molecule has 7 heteroatoms. The Morgan fingerprint density at radius 3 is 2.52 bits per heavy atom. The number of aromatic carboxylic acids is 1. The highest BCUT2D eigenvalue weighted by Gasteiger charge is 2.24. The Kier molecular flexibility index (Phi) is 4.32. The number of ketones is 1. The number of aromatic nitrogens is 1. The van der Waals surface area contributed by atoms with Gasteiger partial charge in [-0.3, -0.25) is 4.79 Å². The fourth-order valence-electron chi connectivity index (χ4n) is 1.89. The molecule has 21 heavy (non-hydrogen) atoms. The van der Waals surface area contributed by atoms with E-state index in [2.05, 4.69) is 4.98 Å². The largest absolute Gasteiger partial charge is 0.476 e. The number of carboxylic acid groups (broad SMARTS) is 1. The van der Waals surface area contributed by atoms with Gasteiger partial charge in [0.05, 0.1) is 5.69 Å². The summed E-state index contributed by atoms with van der Waals surface area (Å²) in [6.45, 7) is 3.47. The average Bonchev–Trinajstić information content (AvgIpc) is 2.87. The summed E-state index contributed by atoms with van der Waals surface area (Å²) >= 11 is 0.950. The first-order valence-electron chi connectivity index (χ1n) is 6.22. The van der Waals surface area contributed by atoms with Gasteiger partial charge in [0.2, 0.25) is 0 Å². The number of hydrogen-bond acceptors (Lipinski definition) is 5. The van der Waals surface area contributed by atoms with Gasteiger partial charge in [0.25, 0.3) is 0 Å². The Labute approximate surface area is 124 Å². The van der Waals surface area contributed by atoms with Crippen LogP contribution in [0.1, 0.15) is 34.0 Å². The Morgan fingerprint density at radius 1 is 1.38 bits per heavy atom. The molecule has 0 spiro atoms. The van der Waals surface area contributed by atoms with E-state index >= 15 is 0 Å². The zero-order valence-corrected chi connectivity index (χ0v) is 12.3. The van der Waals surface area contributed by atoms with E-state index in [1.807, 2.05) is 0 Å². The predicted molar refractivity (Wildman–Crippen MR) is 78.2 cm³/mol. The van der Waals surface area contributed by atoms with Crippen molar-refractivity contribution in [1.82, 2.24) is 4.98 Å². The molecule has 0 aliphatic rings. The molecule has 1 aromatic heterocycles. The third-order valence-electron chi connectivity index (χ3n) is 2.83. The van der Waals surface area contributed by atoms with E-state index in [1.54, 1.807) is 30.0 Å². The molecule has 0 radical (unpaired) electrons. The van der Waals surface area contributed by atoms with E-state index in [1.165, 1.54) is 13.0 Å². The number of thiazole rings is 1. The molecule has 0 aliphatic carbocycles. The van der Waals surface area contributed by atoms with Crippen molar-refractivity contribution in [2.24, 2.45) is 0 Å². The molecule has 1 heterocycles. The summed E-state index contributed by atoms with van der Waals surface area (Å²) in [5.41, 5.74) is -0.00178. The number of anilines is 2. The number of benzene rings is 1. The molecule has 0 saturated carbocycles. The van der Waals surface area contributed by atoms with Crippen molar-refractivity contribution in [2.45, 2.75) is 13.8 Å². The topological polar surface area (TPSA) is 70.5 Å². The van der Waals surface area contributed by atoms with Crippen LogP contribution in [0.15, 0.2) is 24.3 Å². The molecule has 0 bridgehead atoms. The lowest BCUT2D eigenvalue weighted by atomic mass is 10.3. The number of carboxylic acids is 1. The second-order valence-corrected chi connectivity index (χ2v) is 5.21. The van der Waals surface area contributed by atoms with Crippen molar-refractivity contribution >= 4 is 33.9 Å². The summed E-state index contributed by atoms with van der Waals surface area (Å²) in [6, 6.07) is 6.14. The number of carbonyl (C=O) groups excluding carboxylic acids is 1. The van der Waals surface area contributed by atoms with E-state index in [-0.39, 0.29) is 21.5 Å². The van der Waals surface area contributed by atoms with Crippen LogP contribution in [0.5, 0.6) is 0 Å². The number of carbonyl (C=O) groups is 2. The number of nitrogens with zero attached hydrogens (tertiary/aromatic N) is 2. The van der Waals surface area contributed by atoms with Gasteiger partial charge in [-0.2, -0.15) is 0 Å². The minimum absolute atomic E-state index is 0.0623. The number of rotatable bonds is 5. The fourth-order valence-corrected chi connectivity index (χ4v) is 2.92.